The Morgan fingerprint density at radius 2 is 2.10 bits per heavy atom. The maximum atomic E-state index is 13.5. The Balaban J connectivity index is 2.19. The first-order chi connectivity index (χ1) is 9.40. The van der Waals surface area contributed by atoms with E-state index in [1.165, 1.54) is 11.3 Å². The standard InChI is InChI=1S/C13H13F2N3OS/c1-6-11(20-8(3)17-6)7(2)18-13(19)9-4-5-16-12(15)10(9)14/h4-5,7H,1-3H3,(H,18,19). The summed E-state index contributed by atoms with van der Waals surface area (Å²) in [6.07, 6.45) is 1.06. The first-order valence-electron chi connectivity index (χ1n) is 5.95. The van der Waals surface area contributed by atoms with Gasteiger partial charge in [0.15, 0.2) is 5.82 Å². The molecule has 1 atom stereocenters. The minimum absolute atomic E-state index is 0.329. The van der Waals surface area contributed by atoms with Gasteiger partial charge in [-0.25, -0.2) is 14.4 Å². The Bertz CT molecular complexity index is 657. The fraction of sp³-hybridized carbons (Fsp3) is 0.308. The Labute approximate surface area is 118 Å². The number of amides is 1. The maximum absolute atomic E-state index is 13.5. The van der Waals surface area contributed by atoms with Crippen LogP contribution in [0.25, 0.3) is 0 Å². The van der Waals surface area contributed by atoms with Crippen molar-refractivity contribution in [1.29, 1.82) is 0 Å². The average Bonchev–Trinajstić information content (AvgIpc) is 2.71. The molecule has 1 amide bonds. The van der Waals surface area contributed by atoms with Crippen molar-refractivity contribution >= 4 is 17.2 Å². The van der Waals surface area contributed by atoms with Gasteiger partial charge in [-0.3, -0.25) is 4.79 Å². The fourth-order valence-corrected chi connectivity index (χ4v) is 2.81. The molecule has 0 aliphatic heterocycles. The molecule has 7 heteroatoms. The number of hydrogen-bond acceptors (Lipinski definition) is 4. The molecule has 4 nitrogen and oxygen atoms in total. The molecule has 1 N–H and O–H groups in total. The number of rotatable bonds is 3. The molecule has 0 saturated carbocycles. The number of nitrogens with one attached hydrogen (secondary N) is 1. The summed E-state index contributed by atoms with van der Waals surface area (Å²) < 4.78 is 26.5. The van der Waals surface area contributed by atoms with Gasteiger partial charge < -0.3 is 5.32 Å². The maximum Gasteiger partial charge on any atom is 0.254 e. The van der Waals surface area contributed by atoms with Gasteiger partial charge in [-0.2, -0.15) is 4.39 Å². The second-order valence-corrected chi connectivity index (χ2v) is 5.58. The summed E-state index contributed by atoms with van der Waals surface area (Å²) >= 11 is 1.46. The highest BCUT2D eigenvalue weighted by molar-refractivity contribution is 7.11. The van der Waals surface area contributed by atoms with E-state index < -0.39 is 17.7 Å². The summed E-state index contributed by atoms with van der Waals surface area (Å²) in [5.41, 5.74) is 0.463. The van der Waals surface area contributed by atoms with Crippen molar-refractivity contribution < 1.29 is 13.6 Å². The molecule has 0 aliphatic rings. The zero-order valence-electron chi connectivity index (χ0n) is 11.2. The van der Waals surface area contributed by atoms with Gasteiger partial charge in [-0.1, -0.05) is 0 Å². The van der Waals surface area contributed by atoms with Crippen molar-refractivity contribution in [2.24, 2.45) is 0 Å². The highest BCUT2D eigenvalue weighted by atomic mass is 32.1. The first-order valence-corrected chi connectivity index (χ1v) is 6.76. The number of aromatic nitrogens is 2. The molecule has 1 unspecified atom stereocenters. The van der Waals surface area contributed by atoms with Crippen LogP contribution in [-0.2, 0) is 0 Å². The van der Waals surface area contributed by atoms with E-state index in [4.69, 9.17) is 0 Å². The second-order valence-electron chi connectivity index (χ2n) is 4.34. The fourth-order valence-electron chi connectivity index (χ4n) is 1.88. The molecule has 0 saturated heterocycles. The van der Waals surface area contributed by atoms with E-state index in [9.17, 15) is 13.6 Å². The van der Waals surface area contributed by atoms with E-state index in [1.807, 2.05) is 13.8 Å². The third kappa shape index (κ3) is 2.82. The lowest BCUT2D eigenvalue weighted by atomic mass is 10.2. The van der Waals surface area contributed by atoms with Gasteiger partial charge in [0.25, 0.3) is 5.91 Å². The van der Waals surface area contributed by atoms with Crippen LogP contribution in [0.5, 0.6) is 0 Å². The van der Waals surface area contributed by atoms with Crippen molar-refractivity contribution in [3.05, 3.63) is 45.2 Å². The topological polar surface area (TPSA) is 54.9 Å². The molecule has 2 aromatic rings. The van der Waals surface area contributed by atoms with Crippen LogP contribution in [0.15, 0.2) is 12.3 Å². The highest BCUT2D eigenvalue weighted by Crippen LogP contribution is 2.24. The summed E-state index contributed by atoms with van der Waals surface area (Å²) in [6.45, 7) is 5.48. The van der Waals surface area contributed by atoms with E-state index in [2.05, 4.69) is 15.3 Å². The van der Waals surface area contributed by atoms with Crippen LogP contribution in [0.1, 0.15) is 38.9 Å². The van der Waals surface area contributed by atoms with Crippen LogP contribution < -0.4 is 5.32 Å². The van der Waals surface area contributed by atoms with E-state index in [0.717, 1.165) is 27.8 Å². The van der Waals surface area contributed by atoms with Crippen LogP contribution in [0.3, 0.4) is 0 Å². The number of pyridine rings is 1. The minimum Gasteiger partial charge on any atom is -0.345 e. The van der Waals surface area contributed by atoms with Crippen molar-refractivity contribution in [2.45, 2.75) is 26.8 Å². The normalized spacial score (nSPS) is 12.2. The molecule has 106 valence electrons. The van der Waals surface area contributed by atoms with Crippen LogP contribution in [0, 0.1) is 25.6 Å². The molecule has 2 aromatic heterocycles. The summed E-state index contributed by atoms with van der Waals surface area (Å²) in [6, 6.07) is 0.815. The van der Waals surface area contributed by atoms with E-state index in [0.29, 0.717) is 0 Å². The molecule has 20 heavy (non-hydrogen) atoms. The lowest BCUT2D eigenvalue weighted by Crippen LogP contribution is -2.27. The molecular formula is C13H13F2N3OS. The zero-order valence-corrected chi connectivity index (χ0v) is 12.0. The third-order valence-electron chi connectivity index (χ3n) is 2.77. The largest absolute Gasteiger partial charge is 0.345 e. The van der Waals surface area contributed by atoms with Gasteiger partial charge in [0.2, 0.25) is 5.95 Å². The van der Waals surface area contributed by atoms with Crippen molar-refractivity contribution in [3.63, 3.8) is 0 Å². The first kappa shape index (κ1) is 14.5. The molecule has 0 spiro atoms. The SMILES string of the molecule is Cc1nc(C)c(C(C)NC(=O)c2ccnc(F)c2F)s1. The number of halogens is 2. The lowest BCUT2D eigenvalue weighted by molar-refractivity contribution is 0.0935. The molecule has 0 bridgehead atoms. The Morgan fingerprint density at radius 1 is 1.40 bits per heavy atom. The van der Waals surface area contributed by atoms with Gasteiger partial charge in [0.1, 0.15) is 0 Å². The van der Waals surface area contributed by atoms with Crippen LogP contribution in [0.2, 0.25) is 0 Å². The minimum atomic E-state index is -1.28. The number of nitrogens with zero attached hydrogens (tertiary/aromatic N) is 2. The predicted octanol–water partition coefficient (Wildman–Crippen LogP) is 2.92. The lowest BCUT2D eigenvalue weighted by Gasteiger charge is -2.13. The Morgan fingerprint density at radius 3 is 2.70 bits per heavy atom. The van der Waals surface area contributed by atoms with Gasteiger partial charge in [0.05, 0.1) is 22.3 Å². The number of hydrogen-bond donors (Lipinski definition) is 1. The molecule has 0 fully saturated rings. The quantitative estimate of drug-likeness (QED) is 0.886. The van der Waals surface area contributed by atoms with Crippen molar-refractivity contribution in [1.82, 2.24) is 15.3 Å². The van der Waals surface area contributed by atoms with Gasteiger partial charge in [-0.15, -0.1) is 11.3 Å². The zero-order chi connectivity index (χ0) is 14.9. The smallest absolute Gasteiger partial charge is 0.254 e. The van der Waals surface area contributed by atoms with Crippen molar-refractivity contribution in [3.8, 4) is 0 Å². The van der Waals surface area contributed by atoms with E-state index in [1.54, 1.807) is 6.92 Å². The van der Waals surface area contributed by atoms with Gasteiger partial charge in [-0.05, 0) is 26.8 Å². The predicted molar refractivity (Wildman–Crippen MR) is 71.6 cm³/mol. The van der Waals surface area contributed by atoms with E-state index in [-0.39, 0.29) is 11.6 Å². The summed E-state index contributed by atoms with van der Waals surface area (Å²) in [7, 11) is 0. The van der Waals surface area contributed by atoms with E-state index >= 15 is 0 Å². The second kappa shape index (κ2) is 5.62. The van der Waals surface area contributed by atoms with Crippen LogP contribution in [0.4, 0.5) is 8.78 Å². The monoisotopic (exact) mass is 297 g/mol. The van der Waals surface area contributed by atoms with Gasteiger partial charge >= 0.3 is 0 Å². The molecule has 0 radical (unpaired) electrons. The Hall–Kier alpha value is -1.89. The third-order valence-corrected chi connectivity index (χ3v) is 4.03. The molecule has 0 aromatic carbocycles. The highest BCUT2D eigenvalue weighted by Gasteiger charge is 2.20. The summed E-state index contributed by atoms with van der Waals surface area (Å²) in [5.74, 6) is -3.20. The molecular weight excluding hydrogens is 284 g/mol. The van der Waals surface area contributed by atoms with Gasteiger partial charge in [0, 0.05) is 11.1 Å². The summed E-state index contributed by atoms with van der Waals surface area (Å²) in [4.78, 5) is 20.3. The van der Waals surface area contributed by atoms with Crippen molar-refractivity contribution in [2.75, 3.05) is 0 Å². The molecule has 2 heterocycles. The van der Waals surface area contributed by atoms with Crippen LogP contribution in [-0.4, -0.2) is 15.9 Å². The van der Waals surface area contributed by atoms with Crippen LogP contribution >= 0.6 is 11.3 Å². The average molecular weight is 297 g/mol. The molecule has 0 aliphatic carbocycles. The molecule has 2 rings (SSSR count). The summed E-state index contributed by atoms with van der Waals surface area (Å²) in [5, 5.41) is 3.52. The Kier molecular flexibility index (Phi) is 4.08. The number of carbonyl (C=O) groups is 1. The number of thiazole rings is 1. The number of carbonyl (C=O) groups excluding carboxylic acids is 1. The number of aryl methyl sites for hydroxylation is 2.